The van der Waals surface area contributed by atoms with E-state index in [0.717, 1.165) is 24.6 Å². The van der Waals surface area contributed by atoms with Gasteiger partial charge in [0.1, 0.15) is 6.61 Å². The number of amides is 1. The molecular formula is C17H26N2O2. The molecule has 1 amide bonds. The summed E-state index contributed by atoms with van der Waals surface area (Å²) in [5.41, 5.74) is 2.40. The molecule has 1 aromatic rings. The minimum absolute atomic E-state index is 0.00183. The normalized spacial score (nSPS) is 20.1. The summed E-state index contributed by atoms with van der Waals surface area (Å²) in [4.78, 5) is 14.0. The molecule has 1 aliphatic heterocycles. The largest absolute Gasteiger partial charge is 0.375 e. The van der Waals surface area contributed by atoms with Gasteiger partial charge in [-0.15, -0.1) is 0 Å². The SMILES string of the molecule is COCC(=O)N[C@H](C)c1ccc(N2CCC[C@H](C)C2)cc1. The predicted octanol–water partition coefficient (Wildman–Crippen LogP) is 2.75. The third-order valence-corrected chi connectivity index (χ3v) is 4.07. The minimum atomic E-state index is -0.0843. The lowest BCUT2D eigenvalue weighted by Crippen LogP contribution is -2.34. The molecule has 2 atom stereocenters. The standard InChI is InChI=1S/C17H26N2O2/c1-13-5-4-10-19(11-13)16-8-6-15(7-9-16)14(2)18-17(20)12-21-3/h6-9,13-14H,4-5,10-12H2,1-3H3,(H,18,20)/t13-,14+/m0/s1. The van der Waals surface area contributed by atoms with Crippen molar-refractivity contribution in [3.63, 3.8) is 0 Å². The second kappa shape index (κ2) is 7.46. The molecule has 4 heteroatoms. The Morgan fingerprint density at radius 1 is 1.43 bits per heavy atom. The molecule has 1 heterocycles. The highest BCUT2D eigenvalue weighted by Crippen LogP contribution is 2.24. The van der Waals surface area contributed by atoms with Crippen molar-refractivity contribution in [3.05, 3.63) is 29.8 Å². The van der Waals surface area contributed by atoms with E-state index in [1.165, 1.54) is 25.6 Å². The van der Waals surface area contributed by atoms with E-state index >= 15 is 0 Å². The molecule has 0 radical (unpaired) electrons. The Hall–Kier alpha value is -1.55. The molecule has 0 saturated carbocycles. The molecule has 21 heavy (non-hydrogen) atoms. The molecule has 1 saturated heterocycles. The average molecular weight is 290 g/mol. The first-order chi connectivity index (χ1) is 10.1. The van der Waals surface area contributed by atoms with Gasteiger partial charge in [-0.1, -0.05) is 19.1 Å². The van der Waals surface area contributed by atoms with Gasteiger partial charge in [-0.2, -0.15) is 0 Å². The third-order valence-electron chi connectivity index (χ3n) is 4.07. The zero-order valence-electron chi connectivity index (χ0n) is 13.3. The molecular weight excluding hydrogens is 264 g/mol. The van der Waals surface area contributed by atoms with Gasteiger partial charge in [0.2, 0.25) is 5.91 Å². The van der Waals surface area contributed by atoms with Gasteiger partial charge in [0, 0.05) is 25.9 Å². The van der Waals surface area contributed by atoms with E-state index in [4.69, 9.17) is 4.74 Å². The highest BCUT2D eigenvalue weighted by atomic mass is 16.5. The summed E-state index contributed by atoms with van der Waals surface area (Å²) < 4.78 is 4.83. The summed E-state index contributed by atoms with van der Waals surface area (Å²) in [6.07, 6.45) is 2.60. The number of hydrogen-bond acceptors (Lipinski definition) is 3. The maximum atomic E-state index is 11.5. The number of carbonyl (C=O) groups is 1. The van der Waals surface area contributed by atoms with Crippen LogP contribution in [0.25, 0.3) is 0 Å². The number of benzene rings is 1. The van der Waals surface area contributed by atoms with E-state index in [-0.39, 0.29) is 18.6 Å². The van der Waals surface area contributed by atoms with E-state index in [1.807, 2.05) is 6.92 Å². The number of ether oxygens (including phenoxy) is 1. The maximum Gasteiger partial charge on any atom is 0.246 e. The Morgan fingerprint density at radius 2 is 2.14 bits per heavy atom. The highest BCUT2D eigenvalue weighted by molar-refractivity contribution is 5.77. The molecule has 0 unspecified atom stereocenters. The number of anilines is 1. The lowest BCUT2D eigenvalue weighted by atomic mass is 9.99. The lowest BCUT2D eigenvalue weighted by molar-refractivity contribution is -0.125. The van der Waals surface area contributed by atoms with Crippen molar-refractivity contribution in [2.24, 2.45) is 5.92 Å². The summed E-state index contributed by atoms with van der Waals surface area (Å²) in [7, 11) is 1.53. The van der Waals surface area contributed by atoms with Crippen LogP contribution < -0.4 is 10.2 Å². The molecule has 1 fully saturated rings. The number of nitrogens with one attached hydrogen (secondary N) is 1. The van der Waals surface area contributed by atoms with Crippen molar-refractivity contribution in [1.29, 1.82) is 0 Å². The number of carbonyl (C=O) groups excluding carboxylic acids is 1. The van der Waals surface area contributed by atoms with E-state index in [9.17, 15) is 4.79 Å². The molecule has 1 aromatic carbocycles. The lowest BCUT2D eigenvalue weighted by Gasteiger charge is -2.33. The van der Waals surface area contributed by atoms with Crippen LogP contribution in [0.1, 0.15) is 38.3 Å². The first-order valence-corrected chi connectivity index (χ1v) is 7.73. The topological polar surface area (TPSA) is 41.6 Å². The van der Waals surface area contributed by atoms with Gasteiger partial charge < -0.3 is 15.0 Å². The summed E-state index contributed by atoms with van der Waals surface area (Å²) in [6.45, 7) is 6.69. The summed E-state index contributed by atoms with van der Waals surface area (Å²) in [5, 5.41) is 2.93. The Balaban J connectivity index is 1.96. The number of piperidine rings is 1. The summed E-state index contributed by atoms with van der Waals surface area (Å²) in [6, 6.07) is 8.53. The Bertz CT molecular complexity index is 458. The van der Waals surface area contributed by atoms with Crippen LogP contribution in [0, 0.1) is 5.92 Å². The van der Waals surface area contributed by atoms with Crippen LogP contribution in [0.2, 0.25) is 0 Å². The van der Waals surface area contributed by atoms with E-state index in [1.54, 1.807) is 0 Å². The van der Waals surface area contributed by atoms with Crippen LogP contribution >= 0.6 is 0 Å². The maximum absolute atomic E-state index is 11.5. The zero-order valence-corrected chi connectivity index (χ0v) is 13.3. The van der Waals surface area contributed by atoms with Crippen LogP contribution in [0.5, 0.6) is 0 Å². The zero-order chi connectivity index (χ0) is 15.2. The van der Waals surface area contributed by atoms with E-state index in [2.05, 4.69) is 41.4 Å². The predicted molar refractivity (Wildman–Crippen MR) is 85.5 cm³/mol. The monoisotopic (exact) mass is 290 g/mol. The van der Waals surface area contributed by atoms with Crippen molar-refractivity contribution in [2.75, 3.05) is 31.7 Å². The van der Waals surface area contributed by atoms with Gasteiger partial charge in [-0.25, -0.2) is 0 Å². The molecule has 1 aliphatic rings. The van der Waals surface area contributed by atoms with Crippen LogP contribution in [-0.4, -0.2) is 32.7 Å². The van der Waals surface area contributed by atoms with E-state index < -0.39 is 0 Å². The van der Waals surface area contributed by atoms with Gasteiger partial charge >= 0.3 is 0 Å². The van der Waals surface area contributed by atoms with Crippen molar-refractivity contribution < 1.29 is 9.53 Å². The Kier molecular flexibility index (Phi) is 5.62. The minimum Gasteiger partial charge on any atom is -0.375 e. The molecule has 1 N–H and O–H groups in total. The van der Waals surface area contributed by atoms with Crippen LogP contribution in [-0.2, 0) is 9.53 Å². The van der Waals surface area contributed by atoms with Gasteiger partial charge in [0.25, 0.3) is 0 Å². The number of nitrogens with zero attached hydrogens (tertiary/aromatic N) is 1. The molecule has 0 spiro atoms. The van der Waals surface area contributed by atoms with Crippen LogP contribution in [0.15, 0.2) is 24.3 Å². The van der Waals surface area contributed by atoms with Crippen LogP contribution in [0.4, 0.5) is 5.69 Å². The number of hydrogen-bond donors (Lipinski definition) is 1. The summed E-state index contributed by atoms with van der Waals surface area (Å²) in [5.74, 6) is 0.685. The number of methoxy groups -OCH3 is 1. The third kappa shape index (κ3) is 4.46. The molecule has 2 rings (SSSR count). The van der Waals surface area contributed by atoms with Gasteiger partial charge in [0.15, 0.2) is 0 Å². The molecule has 0 aliphatic carbocycles. The van der Waals surface area contributed by atoms with Crippen LogP contribution in [0.3, 0.4) is 0 Å². The van der Waals surface area contributed by atoms with Gasteiger partial charge in [-0.05, 0) is 43.4 Å². The highest BCUT2D eigenvalue weighted by Gasteiger charge is 2.17. The average Bonchev–Trinajstić information content (AvgIpc) is 2.47. The fourth-order valence-electron chi connectivity index (χ4n) is 2.90. The van der Waals surface area contributed by atoms with Crippen molar-refractivity contribution >= 4 is 11.6 Å². The van der Waals surface area contributed by atoms with Gasteiger partial charge in [0.05, 0.1) is 6.04 Å². The first kappa shape index (κ1) is 15.8. The first-order valence-electron chi connectivity index (χ1n) is 7.73. The molecule has 4 nitrogen and oxygen atoms in total. The molecule has 0 bridgehead atoms. The fraction of sp³-hybridized carbons (Fsp3) is 0.588. The smallest absolute Gasteiger partial charge is 0.246 e. The van der Waals surface area contributed by atoms with Crippen molar-refractivity contribution in [3.8, 4) is 0 Å². The Morgan fingerprint density at radius 3 is 2.76 bits per heavy atom. The summed E-state index contributed by atoms with van der Waals surface area (Å²) >= 11 is 0. The molecule has 116 valence electrons. The van der Waals surface area contributed by atoms with Crippen molar-refractivity contribution in [1.82, 2.24) is 5.32 Å². The van der Waals surface area contributed by atoms with Gasteiger partial charge in [-0.3, -0.25) is 4.79 Å². The molecule has 0 aromatic heterocycles. The number of rotatable bonds is 5. The fourth-order valence-corrected chi connectivity index (χ4v) is 2.90. The second-order valence-electron chi connectivity index (χ2n) is 6.01. The quantitative estimate of drug-likeness (QED) is 0.906. The second-order valence-corrected chi connectivity index (χ2v) is 6.01. The van der Waals surface area contributed by atoms with Crippen molar-refractivity contribution in [2.45, 2.75) is 32.7 Å². The Labute approximate surface area is 127 Å². The van der Waals surface area contributed by atoms with E-state index in [0.29, 0.717) is 0 Å².